The highest BCUT2D eigenvalue weighted by atomic mass is 127. The smallest absolute Gasteiger partial charge is 0.273 e. The van der Waals surface area contributed by atoms with Gasteiger partial charge in [0.1, 0.15) is 11.5 Å². The Labute approximate surface area is 190 Å². The van der Waals surface area contributed by atoms with E-state index in [1.54, 1.807) is 6.07 Å². The van der Waals surface area contributed by atoms with Crippen LogP contribution in [0.1, 0.15) is 42.1 Å². The Bertz CT molecular complexity index is 946. The van der Waals surface area contributed by atoms with Gasteiger partial charge in [-0.2, -0.15) is 0 Å². The molecule has 28 heavy (non-hydrogen) atoms. The zero-order valence-corrected chi connectivity index (χ0v) is 19.8. The minimum Gasteiger partial charge on any atom is -0.496 e. The number of non-ortho nitro benzene ring substituents is 1. The summed E-state index contributed by atoms with van der Waals surface area (Å²) in [5, 5.41) is 11.1. The number of ketones is 1. The second-order valence-corrected chi connectivity index (χ2v) is 9.13. The van der Waals surface area contributed by atoms with Crippen LogP contribution in [0.3, 0.4) is 0 Å². The molecule has 1 atom stereocenters. The lowest BCUT2D eigenvalue weighted by Gasteiger charge is -2.28. The predicted octanol–water partition coefficient (Wildman–Crippen LogP) is 5.56. The SMILES string of the molecule is CCCCC1(Cc2ccc([N+](=O)[O-])cc2OC)Oc2c(I)cc(I)cc2C1=O. The normalized spacial score (nSPS) is 17.9. The maximum atomic E-state index is 13.4. The highest BCUT2D eigenvalue weighted by Gasteiger charge is 2.48. The average molecular weight is 607 g/mol. The van der Waals surface area contributed by atoms with Crippen LogP contribution in [0.15, 0.2) is 30.3 Å². The molecular formula is C20H19I2NO5. The molecule has 0 aromatic heterocycles. The molecule has 1 unspecified atom stereocenters. The summed E-state index contributed by atoms with van der Waals surface area (Å²) < 4.78 is 13.6. The van der Waals surface area contributed by atoms with Gasteiger partial charge in [-0.05, 0) is 81.8 Å². The number of methoxy groups -OCH3 is 1. The fraction of sp³-hybridized carbons (Fsp3) is 0.350. The molecule has 0 bridgehead atoms. The maximum Gasteiger partial charge on any atom is 0.273 e. The van der Waals surface area contributed by atoms with E-state index in [9.17, 15) is 14.9 Å². The summed E-state index contributed by atoms with van der Waals surface area (Å²) in [5.74, 6) is 0.984. The van der Waals surface area contributed by atoms with E-state index in [2.05, 4.69) is 52.1 Å². The quantitative estimate of drug-likeness (QED) is 0.234. The lowest BCUT2D eigenvalue weighted by molar-refractivity contribution is -0.384. The third-order valence-corrected chi connectivity index (χ3v) is 6.28. The first kappa shape index (κ1) is 21.3. The largest absolute Gasteiger partial charge is 0.496 e. The van der Waals surface area contributed by atoms with Crippen LogP contribution < -0.4 is 9.47 Å². The van der Waals surface area contributed by atoms with Crippen molar-refractivity contribution in [3.05, 3.63) is 58.7 Å². The molecule has 0 N–H and O–H groups in total. The third kappa shape index (κ3) is 3.98. The number of halogens is 2. The molecule has 1 aliphatic rings. The number of carbonyl (C=O) groups excluding carboxylic acids is 1. The van der Waals surface area contributed by atoms with Crippen LogP contribution in [0.25, 0.3) is 0 Å². The zero-order valence-electron chi connectivity index (χ0n) is 15.5. The number of rotatable bonds is 7. The van der Waals surface area contributed by atoms with Crippen molar-refractivity contribution < 1.29 is 19.2 Å². The van der Waals surface area contributed by atoms with Gasteiger partial charge in [0, 0.05) is 16.1 Å². The molecule has 0 saturated heterocycles. The van der Waals surface area contributed by atoms with E-state index in [4.69, 9.17) is 9.47 Å². The Morgan fingerprint density at radius 2 is 2.00 bits per heavy atom. The van der Waals surface area contributed by atoms with E-state index in [0.29, 0.717) is 29.9 Å². The van der Waals surface area contributed by atoms with Crippen molar-refractivity contribution in [2.24, 2.45) is 0 Å². The third-order valence-electron chi connectivity index (χ3n) is 4.86. The molecule has 0 spiro atoms. The van der Waals surface area contributed by atoms with Crippen molar-refractivity contribution in [1.82, 2.24) is 0 Å². The molecule has 6 nitrogen and oxygen atoms in total. The van der Waals surface area contributed by atoms with E-state index < -0.39 is 10.5 Å². The van der Waals surface area contributed by atoms with Crippen molar-refractivity contribution in [2.45, 2.75) is 38.2 Å². The van der Waals surface area contributed by atoms with Gasteiger partial charge in [-0.3, -0.25) is 14.9 Å². The highest BCUT2D eigenvalue weighted by molar-refractivity contribution is 14.1. The van der Waals surface area contributed by atoms with Gasteiger partial charge >= 0.3 is 0 Å². The van der Waals surface area contributed by atoms with E-state index in [1.165, 1.54) is 19.2 Å². The molecule has 148 valence electrons. The second kappa shape index (κ2) is 8.52. The Balaban J connectivity index is 2.04. The molecule has 0 aliphatic carbocycles. The van der Waals surface area contributed by atoms with Crippen LogP contribution in [0, 0.1) is 17.3 Å². The summed E-state index contributed by atoms with van der Waals surface area (Å²) in [5.41, 5.74) is 0.254. The zero-order chi connectivity index (χ0) is 20.5. The van der Waals surface area contributed by atoms with Gasteiger partial charge in [-0.1, -0.05) is 13.3 Å². The van der Waals surface area contributed by atoms with E-state index in [-0.39, 0.29) is 11.5 Å². The monoisotopic (exact) mass is 607 g/mol. The number of carbonyl (C=O) groups is 1. The fourth-order valence-corrected chi connectivity index (χ4v) is 5.41. The summed E-state index contributed by atoms with van der Waals surface area (Å²) in [6.07, 6.45) is 2.64. The molecule has 0 fully saturated rings. The number of nitro groups is 1. The fourth-order valence-electron chi connectivity index (χ4n) is 3.45. The number of ether oxygens (including phenoxy) is 2. The first-order valence-corrected chi connectivity index (χ1v) is 11.0. The van der Waals surface area contributed by atoms with Crippen molar-refractivity contribution in [3.63, 3.8) is 0 Å². The van der Waals surface area contributed by atoms with E-state index >= 15 is 0 Å². The van der Waals surface area contributed by atoms with Gasteiger partial charge in [0.25, 0.3) is 5.69 Å². The van der Waals surface area contributed by atoms with Gasteiger partial charge in [-0.15, -0.1) is 0 Å². The number of hydrogen-bond acceptors (Lipinski definition) is 5. The number of nitro benzene ring substituents is 1. The van der Waals surface area contributed by atoms with E-state index in [1.807, 2.05) is 12.1 Å². The van der Waals surface area contributed by atoms with Crippen molar-refractivity contribution in [3.8, 4) is 11.5 Å². The van der Waals surface area contributed by atoms with Crippen LogP contribution in [0.5, 0.6) is 11.5 Å². The average Bonchev–Trinajstić information content (AvgIpc) is 2.93. The number of benzene rings is 2. The molecule has 1 heterocycles. The summed E-state index contributed by atoms with van der Waals surface area (Å²) in [4.78, 5) is 24.0. The molecule has 8 heteroatoms. The van der Waals surface area contributed by atoms with Crippen molar-refractivity contribution in [1.29, 1.82) is 0 Å². The minimum atomic E-state index is -1.02. The second-order valence-electron chi connectivity index (χ2n) is 6.72. The number of hydrogen-bond donors (Lipinski definition) is 0. The first-order valence-electron chi connectivity index (χ1n) is 8.85. The molecule has 0 saturated carbocycles. The van der Waals surface area contributed by atoms with Crippen LogP contribution in [0.4, 0.5) is 5.69 Å². The van der Waals surface area contributed by atoms with Gasteiger partial charge < -0.3 is 9.47 Å². The summed E-state index contributed by atoms with van der Waals surface area (Å²) in [7, 11) is 1.47. The standard InChI is InChI=1S/C20H19I2NO5/c1-3-4-7-20(11-12-5-6-14(23(25)26)10-17(12)27-2)19(24)15-8-13(21)9-16(22)18(15)28-20/h5-6,8-10H,3-4,7,11H2,1-2H3. The van der Waals surface area contributed by atoms with Crippen molar-refractivity contribution >= 4 is 56.7 Å². The van der Waals surface area contributed by atoms with Gasteiger partial charge in [0.2, 0.25) is 5.78 Å². The lowest BCUT2D eigenvalue weighted by Crippen LogP contribution is -2.42. The molecule has 3 rings (SSSR count). The number of fused-ring (bicyclic) bond motifs is 1. The lowest BCUT2D eigenvalue weighted by atomic mass is 9.84. The molecule has 0 radical (unpaired) electrons. The van der Waals surface area contributed by atoms with Crippen LogP contribution >= 0.6 is 45.2 Å². The Kier molecular flexibility index (Phi) is 6.47. The highest BCUT2D eigenvalue weighted by Crippen LogP contribution is 2.44. The molecule has 0 amide bonds. The predicted molar refractivity (Wildman–Crippen MR) is 122 cm³/mol. The summed E-state index contributed by atoms with van der Waals surface area (Å²) >= 11 is 4.39. The molecule has 2 aromatic rings. The van der Waals surface area contributed by atoms with Crippen molar-refractivity contribution in [2.75, 3.05) is 7.11 Å². The molecular weight excluding hydrogens is 588 g/mol. The van der Waals surface area contributed by atoms with E-state index in [0.717, 1.165) is 25.5 Å². The van der Waals surface area contributed by atoms with Crippen LogP contribution in [-0.4, -0.2) is 23.4 Å². The number of unbranched alkanes of at least 4 members (excludes halogenated alkanes) is 1. The summed E-state index contributed by atoms with van der Waals surface area (Å²) in [6, 6.07) is 8.32. The summed E-state index contributed by atoms with van der Waals surface area (Å²) in [6.45, 7) is 2.07. The first-order chi connectivity index (χ1) is 13.3. The Hall–Kier alpha value is -1.43. The van der Waals surface area contributed by atoms with Crippen LogP contribution in [0.2, 0.25) is 0 Å². The maximum absolute atomic E-state index is 13.4. The molecule has 1 aliphatic heterocycles. The van der Waals surface area contributed by atoms with Crippen LogP contribution in [-0.2, 0) is 6.42 Å². The van der Waals surface area contributed by atoms with Gasteiger partial charge in [0.15, 0.2) is 5.60 Å². The van der Waals surface area contributed by atoms with Gasteiger partial charge in [0.05, 0.1) is 27.2 Å². The minimum absolute atomic E-state index is 0.0345. The number of nitrogens with zero attached hydrogens (tertiary/aromatic N) is 1. The Morgan fingerprint density at radius 1 is 1.25 bits per heavy atom. The molecule has 2 aromatic carbocycles. The van der Waals surface area contributed by atoms with Gasteiger partial charge in [-0.25, -0.2) is 0 Å². The topological polar surface area (TPSA) is 78.7 Å². The number of Topliss-reactive ketones (excluding diaryl/α,β-unsaturated/α-hetero) is 1. The Morgan fingerprint density at radius 3 is 2.64 bits per heavy atom.